The van der Waals surface area contributed by atoms with Crippen molar-refractivity contribution in [3.05, 3.63) is 58.4 Å². The third-order valence-corrected chi connectivity index (χ3v) is 6.90. The number of aromatic nitrogens is 2. The van der Waals surface area contributed by atoms with Crippen molar-refractivity contribution in [3.8, 4) is 11.5 Å². The number of carbonyl (C=O) groups is 2. The Morgan fingerprint density at radius 2 is 1.84 bits per heavy atom. The summed E-state index contributed by atoms with van der Waals surface area (Å²) in [6.07, 6.45) is 1.56. The average molecular weight is 527 g/mol. The molecule has 37 heavy (non-hydrogen) atoms. The lowest BCUT2D eigenvalue weighted by molar-refractivity contribution is -0.121. The zero-order valence-electron chi connectivity index (χ0n) is 21.7. The molecule has 0 fully saturated rings. The van der Waals surface area contributed by atoms with Crippen molar-refractivity contribution >= 4 is 34.5 Å². The molecular formula is C27H34N4O5S. The first kappa shape index (κ1) is 28.0. The number of thioether (sulfide) groups is 1. The molecule has 198 valence electrons. The molecule has 0 aliphatic carbocycles. The lowest BCUT2D eigenvalue weighted by atomic mass is 10.1. The molecule has 0 aliphatic rings. The summed E-state index contributed by atoms with van der Waals surface area (Å²) in [5, 5.41) is 6.72. The fourth-order valence-electron chi connectivity index (χ4n) is 3.69. The van der Waals surface area contributed by atoms with Crippen LogP contribution in [0.25, 0.3) is 10.9 Å². The summed E-state index contributed by atoms with van der Waals surface area (Å²) in [5.41, 5.74) is 1.34. The average Bonchev–Trinajstić information content (AvgIpc) is 2.91. The van der Waals surface area contributed by atoms with Gasteiger partial charge in [-0.25, -0.2) is 4.98 Å². The zero-order valence-corrected chi connectivity index (χ0v) is 22.5. The van der Waals surface area contributed by atoms with Gasteiger partial charge in [0.05, 0.1) is 30.9 Å². The van der Waals surface area contributed by atoms with Crippen LogP contribution in [-0.2, 0) is 22.6 Å². The Bertz CT molecular complexity index is 1290. The molecule has 3 aromatic rings. The van der Waals surface area contributed by atoms with Gasteiger partial charge in [-0.05, 0) is 49.6 Å². The van der Waals surface area contributed by atoms with Crippen molar-refractivity contribution in [1.82, 2.24) is 20.2 Å². The molecule has 0 spiro atoms. The van der Waals surface area contributed by atoms with Crippen molar-refractivity contribution in [3.63, 3.8) is 0 Å². The second kappa shape index (κ2) is 13.7. The molecule has 10 heteroatoms. The van der Waals surface area contributed by atoms with E-state index in [0.29, 0.717) is 40.5 Å². The molecule has 9 nitrogen and oxygen atoms in total. The van der Waals surface area contributed by atoms with E-state index in [1.807, 2.05) is 38.1 Å². The van der Waals surface area contributed by atoms with Gasteiger partial charge < -0.3 is 20.1 Å². The highest BCUT2D eigenvalue weighted by atomic mass is 32.2. The summed E-state index contributed by atoms with van der Waals surface area (Å²) < 4.78 is 12.1. The lowest BCUT2D eigenvalue weighted by Gasteiger charge is -2.14. The first-order chi connectivity index (χ1) is 17.9. The number of hydrogen-bond donors (Lipinski definition) is 2. The van der Waals surface area contributed by atoms with Gasteiger partial charge in [-0.3, -0.25) is 19.0 Å². The Balaban J connectivity index is 1.64. The molecule has 1 atom stereocenters. The molecular weight excluding hydrogens is 492 g/mol. The maximum absolute atomic E-state index is 13.2. The van der Waals surface area contributed by atoms with Crippen LogP contribution in [-0.4, -0.2) is 53.9 Å². The van der Waals surface area contributed by atoms with Crippen LogP contribution in [0.1, 0.15) is 32.3 Å². The fraction of sp³-hybridized carbons (Fsp3) is 0.407. The minimum atomic E-state index is -0.228. The predicted octanol–water partition coefficient (Wildman–Crippen LogP) is 3.17. The number of benzene rings is 2. The number of nitrogens with zero attached hydrogens (tertiary/aromatic N) is 2. The molecule has 0 unspecified atom stereocenters. The van der Waals surface area contributed by atoms with Crippen LogP contribution < -0.4 is 25.7 Å². The molecule has 2 N–H and O–H groups in total. The van der Waals surface area contributed by atoms with Gasteiger partial charge in [0.2, 0.25) is 11.8 Å². The summed E-state index contributed by atoms with van der Waals surface area (Å²) in [6, 6.07) is 12.8. The van der Waals surface area contributed by atoms with Gasteiger partial charge in [-0.1, -0.05) is 36.9 Å². The van der Waals surface area contributed by atoms with E-state index in [0.717, 1.165) is 12.0 Å². The Morgan fingerprint density at radius 1 is 1.08 bits per heavy atom. The minimum absolute atomic E-state index is 0.0718. The van der Waals surface area contributed by atoms with Gasteiger partial charge in [0.15, 0.2) is 16.7 Å². The quantitative estimate of drug-likeness (QED) is 0.260. The zero-order chi connectivity index (χ0) is 26.8. The standard InChI is InChI=1S/C27H34N4O5S/c1-5-18(2)29-25(33)17-37-27-30-21-9-7-6-8-20(21)26(34)31(27)15-13-24(32)28-14-12-19-10-11-22(35-3)23(16-19)36-4/h6-11,16,18H,5,12-15,17H2,1-4H3,(H,28,32)(H,29,33)/t18-/m1/s1. The largest absolute Gasteiger partial charge is 0.493 e. The van der Waals surface area contributed by atoms with E-state index in [1.165, 1.54) is 16.3 Å². The van der Waals surface area contributed by atoms with E-state index in [-0.39, 0.29) is 42.1 Å². The van der Waals surface area contributed by atoms with Crippen molar-refractivity contribution in [2.75, 3.05) is 26.5 Å². The van der Waals surface area contributed by atoms with Crippen LogP contribution in [0.2, 0.25) is 0 Å². The topological polar surface area (TPSA) is 112 Å². The van der Waals surface area contributed by atoms with Gasteiger partial charge in [0.1, 0.15) is 0 Å². The third kappa shape index (κ3) is 7.72. The number of nitrogens with one attached hydrogen (secondary N) is 2. The normalized spacial score (nSPS) is 11.7. The van der Waals surface area contributed by atoms with Gasteiger partial charge in [0.25, 0.3) is 5.56 Å². The number of methoxy groups -OCH3 is 2. The fourth-order valence-corrected chi connectivity index (χ4v) is 4.52. The summed E-state index contributed by atoms with van der Waals surface area (Å²) in [7, 11) is 3.16. The molecule has 3 rings (SSSR count). The number of hydrogen-bond acceptors (Lipinski definition) is 7. The third-order valence-electron chi connectivity index (χ3n) is 5.92. The minimum Gasteiger partial charge on any atom is -0.493 e. The van der Waals surface area contributed by atoms with Crippen LogP contribution in [0.5, 0.6) is 11.5 Å². The van der Waals surface area contributed by atoms with Crippen LogP contribution in [0, 0.1) is 0 Å². The summed E-state index contributed by atoms with van der Waals surface area (Å²) >= 11 is 1.20. The first-order valence-corrected chi connectivity index (χ1v) is 13.2. The molecule has 2 amide bonds. The highest BCUT2D eigenvalue weighted by Crippen LogP contribution is 2.27. The molecule has 1 heterocycles. The Hall–Kier alpha value is -3.53. The molecule has 0 radical (unpaired) electrons. The highest BCUT2D eigenvalue weighted by molar-refractivity contribution is 7.99. The van der Waals surface area contributed by atoms with Crippen molar-refractivity contribution in [2.24, 2.45) is 0 Å². The summed E-state index contributed by atoms with van der Waals surface area (Å²) in [4.78, 5) is 42.7. The van der Waals surface area contributed by atoms with E-state index >= 15 is 0 Å². The first-order valence-electron chi connectivity index (χ1n) is 12.3. The van der Waals surface area contributed by atoms with Crippen LogP contribution in [0.15, 0.2) is 52.4 Å². The Kier molecular flexibility index (Phi) is 10.4. The Labute approximate surface area is 220 Å². The van der Waals surface area contributed by atoms with E-state index in [4.69, 9.17) is 9.47 Å². The van der Waals surface area contributed by atoms with E-state index in [9.17, 15) is 14.4 Å². The van der Waals surface area contributed by atoms with E-state index < -0.39 is 0 Å². The number of para-hydroxylation sites is 1. The molecule has 0 saturated carbocycles. The molecule has 0 aliphatic heterocycles. The van der Waals surface area contributed by atoms with Crippen LogP contribution in [0.4, 0.5) is 0 Å². The molecule has 1 aromatic heterocycles. The van der Waals surface area contributed by atoms with Gasteiger partial charge in [0, 0.05) is 25.6 Å². The number of ether oxygens (including phenoxy) is 2. The van der Waals surface area contributed by atoms with Crippen LogP contribution >= 0.6 is 11.8 Å². The van der Waals surface area contributed by atoms with Gasteiger partial charge >= 0.3 is 0 Å². The number of amides is 2. The summed E-state index contributed by atoms with van der Waals surface area (Å²) in [5.74, 6) is 1.12. The number of rotatable bonds is 13. The smallest absolute Gasteiger partial charge is 0.262 e. The monoisotopic (exact) mass is 526 g/mol. The van der Waals surface area contributed by atoms with Crippen molar-refractivity contribution in [2.45, 2.75) is 50.9 Å². The molecule has 0 saturated heterocycles. The maximum Gasteiger partial charge on any atom is 0.262 e. The summed E-state index contributed by atoms with van der Waals surface area (Å²) in [6.45, 7) is 4.54. The Morgan fingerprint density at radius 3 is 2.57 bits per heavy atom. The second-order valence-corrected chi connectivity index (χ2v) is 9.52. The lowest BCUT2D eigenvalue weighted by Crippen LogP contribution is -2.33. The second-order valence-electron chi connectivity index (χ2n) is 8.57. The molecule has 2 aromatic carbocycles. The van der Waals surface area contributed by atoms with Gasteiger partial charge in [-0.15, -0.1) is 0 Å². The highest BCUT2D eigenvalue weighted by Gasteiger charge is 2.15. The van der Waals surface area contributed by atoms with Crippen LogP contribution in [0.3, 0.4) is 0 Å². The van der Waals surface area contributed by atoms with E-state index in [2.05, 4.69) is 15.6 Å². The SMILES string of the molecule is CC[C@@H](C)NC(=O)CSc1nc2ccccc2c(=O)n1CCC(=O)NCCc1ccc(OC)c(OC)c1. The van der Waals surface area contributed by atoms with Crippen molar-refractivity contribution < 1.29 is 19.1 Å². The number of fused-ring (bicyclic) bond motifs is 1. The molecule has 0 bridgehead atoms. The van der Waals surface area contributed by atoms with Gasteiger partial charge in [-0.2, -0.15) is 0 Å². The van der Waals surface area contributed by atoms with E-state index in [1.54, 1.807) is 32.4 Å². The maximum atomic E-state index is 13.2. The predicted molar refractivity (Wildman–Crippen MR) is 145 cm³/mol. The van der Waals surface area contributed by atoms with Crippen molar-refractivity contribution in [1.29, 1.82) is 0 Å². The number of carbonyl (C=O) groups excluding carboxylic acids is 2.